The van der Waals surface area contributed by atoms with Crippen LogP contribution < -0.4 is 5.56 Å². The van der Waals surface area contributed by atoms with E-state index in [0.29, 0.717) is 5.56 Å². The van der Waals surface area contributed by atoms with Crippen LogP contribution >= 0.6 is 12.2 Å². The Kier molecular flexibility index (Phi) is 2.57. The smallest absolute Gasteiger partial charge is 0.289 e. The Hall–Kier alpha value is -1.95. The van der Waals surface area contributed by atoms with Gasteiger partial charge in [-0.15, -0.1) is 0 Å². The summed E-state index contributed by atoms with van der Waals surface area (Å²) in [7, 11) is 1.60. The lowest BCUT2D eigenvalue weighted by atomic mass is 10.1. The quantitative estimate of drug-likeness (QED) is 0.729. The molecule has 2 aromatic rings. The standard InChI is InChI=1S/C10H9N3O2S/c1-13-10(16)11-8(9(15)12-13)6-4-2-3-5-7(6)14/h2-5,14H,1H3,(H,12,15). The molecule has 1 aromatic heterocycles. The van der Waals surface area contributed by atoms with Gasteiger partial charge in [-0.25, -0.2) is 4.98 Å². The predicted octanol–water partition coefficient (Wildman–Crippen LogP) is 1.21. The second kappa shape index (κ2) is 3.90. The number of nitrogens with one attached hydrogen (secondary N) is 1. The first kappa shape index (κ1) is 10.6. The lowest BCUT2D eigenvalue weighted by Gasteiger charge is -2.04. The number of aromatic amines is 1. The lowest BCUT2D eigenvalue weighted by molar-refractivity contribution is 0.477. The molecule has 6 heteroatoms. The normalized spacial score (nSPS) is 10.3. The summed E-state index contributed by atoms with van der Waals surface area (Å²) in [6, 6.07) is 6.49. The van der Waals surface area contributed by atoms with Crippen molar-refractivity contribution in [2.24, 2.45) is 7.05 Å². The van der Waals surface area contributed by atoms with Crippen LogP contribution in [0, 0.1) is 4.77 Å². The third-order valence-corrected chi connectivity index (χ3v) is 2.50. The van der Waals surface area contributed by atoms with Crippen LogP contribution in [0.2, 0.25) is 0 Å². The second-order valence-electron chi connectivity index (χ2n) is 3.26. The zero-order valence-electron chi connectivity index (χ0n) is 8.47. The van der Waals surface area contributed by atoms with Gasteiger partial charge in [0.05, 0.1) is 0 Å². The van der Waals surface area contributed by atoms with Gasteiger partial charge in [-0.3, -0.25) is 14.6 Å². The summed E-state index contributed by atoms with van der Waals surface area (Å²) in [5, 5.41) is 12.1. The molecule has 0 spiro atoms. The molecule has 2 rings (SSSR count). The van der Waals surface area contributed by atoms with E-state index in [1.165, 1.54) is 10.7 Å². The maximum absolute atomic E-state index is 11.6. The van der Waals surface area contributed by atoms with E-state index in [1.54, 1.807) is 25.2 Å². The maximum Gasteiger partial charge on any atom is 0.289 e. The highest BCUT2D eigenvalue weighted by molar-refractivity contribution is 7.71. The van der Waals surface area contributed by atoms with Crippen molar-refractivity contribution in [3.05, 3.63) is 39.4 Å². The van der Waals surface area contributed by atoms with E-state index >= 15 is 0 Å². The Bertz CT molecular complexity index is 645. The molecule has 16 heavy (non-hydrogen) atoms. The van der Waals surface area contributed by atoms with E-state index in [0.717, 1.165) is 0 Å². The number of H-pyrrole nitrogens is 1. The van der Waals surface area contributed by atoms with Crippen LogP contribution in [0.3, 0.4) is 0 Å². The zero-order valence-corrected chi connectivity index (χ0v) is 9.28. The molecule has 1 heterocycles. The fourth-order valence-corrected chi connectivity index (χ4v) is 1.47. The molecule has 1 aromatic carbocycles. The molecule has 0 aliphatic heterocycles. The minimum atomic E-state index is -0.391. The number of hydrogen-bond donors (Lipinski definition) is 2. The molecular formula is C10H9N3O2S. The van der Waals surface area contributed by atoms with Gasteiger partial charge < -0.3 is 5.11 Å². The third-order valence-electron chi connectivity index (χ3n) is 2.14. The molecule has 0 unspecified atom stereocenters. The summed E-state index contributed by atoms with van der Waals surface area (Å²) in [6.07, 6.45) is 0. The number of phenolic OH excluding ortho intramolecular Hbond substituents is 1. The van der Waals surface area contributed by atoms with Crippen LogP contribution in [0.4, 0.5) is 0 Å². The number of aromatic nitrogens is 3. The summed E-state index contributed by atoms with van der Waals surface area (Å²) < 4.78 is 1.60. The van der Waals surface area contributed by atoms with E-state index in [-0.39, 0.29) is 16.2 Å². The molecule has 0 bridgehead atoms. The van der Waals surface area contributed by atoms with Crippen molar-refractivity contribution in [1.82, 2.24) is 14.8 Å². The Balaban J connectivity index is 2.76. The average Bonchev–Trinajstić information content (AvgIpc) is 2.25. The van der Waals surface area contributed by atoms with Crippen molar-refractivity contribution in [1.29, 1.82) is 0 Å². The van der Waals surface area contributed by atoms with Crippen LogP contribution in [0.5, 0.6) is 5.75 Å². The molecule has 0 fully saturated rings. The van der Waals surface area contributed by atoms with Crippen LogP contribution in [0.25, 0.3) is 11.3 Å². The fraction of sp³-hybridized carbons (Fsp3) is 0.100. The SMILES string of the molecule is Cn1[nH]c(=O)c(-c2ccccc2O)nc1=S. The van der Waals surface area contributed by atoms with Gasteiger partial charge in [0.25, 0.3) is 5.56 Å². The molecule has 82 valence electrons. The van der Waals surface area contributed by atoms with Crippen molar-refractivity contribution in [3.63, 3.8) is 0 Å². The minimum Gasteiger partial charge on any atom is -0.507 e. The Morgan fingerprint density at radius 3 is 2.81 bits per heavy atom. The van der Waals surface area contributed by atoms with Gasteiger partial charge in [0.2, 0.25) is 4.77 Å². The van der Waals surface area contributed by atoms with Crippen LogP contribution in [0.15, 0.2) is 29.1 Å². The number of nitrogens with zero attached hydrogens (tertiary/aromatic N) is 2. The van der Waals surface area contributed by atoms with Gasteiger partial charge in [-0.1, -0.05) is 12.1 Å². The molecule has 0 amide bonds. The van der Waals surface area contributed by atoms with Crippen molar-refractivity contribution < 1.29 is 5.11 Å². The zero-order chi connectivity index (χ0) is 11.7. The third kappa shape index (κ3) is 1.74. The van der Waals surface area contributed by atoms with Crippen LogP contribution in [-0.4, -0.2) is 19.9 Å². The largest absolute Gasteiger partial charge is 0.507 e. The minimum absolute atomic E-state index is 0.00348. The summed E-state index contributed by atoms with van der Waals surface area (Å²) >= 11 is 4.94. The predicted molar refractivity (Wildman–Crippen MR) is 61.8 cm³/mol. The van der Waals surface area contributed by atoms with E-state index in [9.17, 15) is 9.90 Å². The summed E-state index contributed by atoms with van der Waals surface area (Å²) in [4.78, 5) is 15.6. The van der Waals surface area contributed by atoms with Crippen molar-refractivity contribution in [2.45, 2.75) is 0 Å². The first-order valence-corrected chi connectivity index (χ1v) is 4.96. The molecule has 2 N–H and O–H groups in total. The van der Waals surface area contributed by atoms with E-state index in [4.69, 9.17) is 12.2 Å². The van der Waals surface area contributed by atoms with Gasteiger partial charge in [0.1, 0.15) is 11.4 Å². The Morgan fingerprint density at radius 2 is 2.12 bits per heavy atom. The molecule has 0 saturated heterocycles. The van der Waals surface area contributed by atoms with Gasteiger partial charge in [-0.05, 0) is 24.4 Å². The van der Waals surface area contributed by atoms with Crippen molar-refractivity contribution in [2.75, 3.05) is 0 Å². The molecule has 5 nitrogen and oxygen atoms in total. The second-order valence-corrected chi connectivity index (χ2v) is 3.63. The van der Waals surface area contributed by atoms with Crippen molar-refractivity contribution in [3.8, 4) is 17.0 Å². The number of rotatable bonds is 1. The lowest BCUT2D eigenvalue weighted by Crippen LogP contribution is -2.18. The van der Waals surface area contributed by atoms with Crippen LogP contribution in [-0.2, 0) is 7.05 Å². The topological polar surface area (TPSA) is 70.9 Å². The molecule has 0 radical (unpaired) electrons. The maximum atomic E-state index is 11.6. The molecule has 0 atom stereocenters. The number of aryl methyl sites for hydroxylation is 1. The van der Waals surface area contributed by atoms with Crippen molar-refractivity contribution >= 4 is 12.2 Å². The number of phenols is 1. The molecule has 0 aliphatic rings. The molecule has 0 aliphatic carbocycles. The highest BCUT2D eigenvalue weighted by Gasteiger charge is 2.09. The average molecular weight is 235 g/mol. The van der Waals surface area contributed by atoms with Gasteiger partial charge >= 0.3 is 0 Å². The first-order chi connectivity index (χ1) is 7.59. The number of hydrogen-bond acceptors (Lipinski definition) is 4. The number of benzene rings is 1. The molecular weight excluding hydrogens is 226 g/mol. The van der Waals surface area contributed by atoms with Crippen LogP contribution in [0.1, 0.15) is 0 Å². The van der Waals surface area contributed by atoms with E-state index in [1.807, 2.05) is 0 Å². The summed E-state index contributed by atoms with van der Waals surface area (Å²) in [6.45, 7) is 0. The van der Waals surface area contributed by atoms with Gasteiger partial charge in [-0.2, -0.15) is 0 Å². The Labute approximate surface area is 96.0 Å². The molecule has 0 saturated carbocycles. The van der Waals surface area contributed by atoms with E-state index in [2.05, 4.69) is 10.1 Å². The van der Waals surface area contributed by atoms with Gasteiger partial charge in [0, 0.05) is 12.6 Å². The summed E-state index contributed by atoms with van der Waals surface area (Å²) in [5.74, 6) is 0.00348. The highest BCUT2D eigenvalue weighted by Crippen LogP contribution is 2.23. The van der Waals surface area contributed by atoms with E-state index < -0.39 is 5.56 Å². The monoisotopic (exact) mass is 235 g/mol. The number of aromatic hydroxyl groups is 1. The highest BCUT2D eigenvalue weighted by atomic mass is 32.1. The van der Waals surface area contributed by atoms with Gasteiger partial charge in [0.15, 0.2) is 0 Å². The fourth-order valence-electron chi connectivity index (χ4n) is 1.33. The first-order valence-electron chi connectivity index (χ1n) is 4.55. The number of para-hydroxylation sites is 1. The summed E-state index contributed by atoms with van der Waals surface area (Å²) in [5.41, 5.74) is 0.106. The Morgan fingerprint density at radius 1 is 1.44 bits per heavy atom.